The van der Waals surface area contributed by atoms with Crippen LogP contribution in [0.2, 0.25) is 0 Å². The van der Waals surface area contributed by atoms with E-state index in [-0.39, 0.29) is 0 Å². The predicted molar refractivity (Wildman–Crippen MR) is 67.8 cm³/mol. The van der Waals surface area contributed by atoms with Crippen LogP contribution in [0.15, 0.2) is 0 Å². The summed E-state index contributed by atoms with van der Waals surface area (Å²) in [5.41, 5.74) is 0. The van der Waals surface area contributed by atoms with E-state index in [2.05, 4.69) is 13.8 Å². The van der Waals surface area contributed by atoms with Crippen LogP contribution in [0.25, 0.3) is 0 Å². The lowest BCUT2D eigenvalue weighted by molar-refractivity contribution is 0.218. The zero-order valence-corrected chi connectivity index (χ0v) is 11.6. The molecule has 0 aromatic carbocycles. The molecule has 0 radical (unpaired) electrons. The molecule has 16 heavy (non-hydrogen) atoms. The fourth-order valence-electron chi connectivity index (χ4n) is 1.37. The molecule has 0 rings (SSSR count). The van der Waals surface area contributed by atoms with Crippen LogP contribution in [0.3, 0.4) is 0 Å². The van der Waals surface area contributed by atoms with Gasteiger partial charge in [-0.15, -0.1) is 9.05 Å². The van der Waals surface area contributed by atoms with E-state index in [1.54, 1.807) is 0 Å². The van der Waals surface area contributed by atoms with Gasteiger partial charge >= 0.3 is 8.25 Å². The molecule has 0 heterocycles. The van der Waals surface area contributed by atoms with Crippen LogP contribution in [0.5, 0.6) is 0 Å². The van der Waals surface area contributed by atoms with Gasteiger partial charge in [0, 0.05) is 4.57 Å². The Morgan fingerprint density at radius 2 is 1.19 bits per heavy atom. The highest BCUT2D eigenvalue weighted by molar-refractivity contribution is 7.33. The molecule has 3 nitrogen and oxygen atoms in total. The van der Waals surface area contributed by atoms with E-state index < -0.39 is 8.25 Å². The Hall–Kier alpha value is 0.0200. The van der Waals surface area contributed by atoms with Gasteiger partial charge in [0.1, 0.15) is 13.2 Å². The van der Waals surface area contributed by atoms with Crippen molar-refractivity contribution in [3.8, 4) is 0 Å². The minimum Gasteiger partial charge on any atom is -0.119 e. The first-order chi connectivity index (χ1) is 7.81. The molecular weight excluding hydrogens is 223 g/mol. The number of hydrogen-bond acceptors (Lipinski definition) is 3. The van der Waals surface area contributed by atoms with Crippen LogP contribution in [0.1, 0.15) is 65.2 Å². The van der Waals surface area contributed by atoms with Gasteiger partial charge in [-0.2, -0.15) is 0 Å². The van der Waals surface area contributed by atoms with E-state index in [4.69, 9.17) is 9.05 Å². The Morgan fingerprint density at radius 1 is 0.750 bits per heavy atom. The van der Waals surface area contributed by atoms with Crippen molar-refractivity contribution in [3.05, 3.63) is 0 Å². The quantitative estimate of drug-likeness (QED) is 0.367. The minimum atomic E-state index is -1.87. The van der Waals surface area contributed by atoms with E-state index in [0.717, 1.165) is 32.1 Å². The third-order valence-electron chi connectivity index (χ3n) is 2.39. The van der Waals surface area contributed by atoms with Crippen molar-refractivity contribution in [2.24, 2.45) is 0 Å². The first-order valence-electron chi connectivity index (χ1n) is 6.54. The lowest BCUT2D eigenvalue weighted by Crippen LogP contribution is -1.91. The van der Waals surface area contributed by atoms with Crippen LogP contribution in [-0.4, -0.2) is 13.2 Å². The van der Waals surface area contributed by atoms with E-state index in [1.807, 2.05) is 0 Å². The van der Waals surface area contributed by atoms with Gasteiger partial charge in [-0.3, -0.25) is 0 Å². The van der Waals surface area contributed by atoms with Crippen LogP contribution in [-0.2, 0) is 13.6 Å². The van der Waals surface area contributed by atoms with Gasteiger partial charge in [0.05, 0.1) is 0 Å². The molecule has 0 aromatic heterocycles. The Bertz CT molecular complexity index is 162. The highest BCUT2D eigenvalue weighted by Crippen LogP contribution is 2.24. The fourth-order valence-corrected chi connectivity index (χ4v) is 2.00. The molecule has 0 saturated carbocycles. The summed E-state index contributed by atoms with van der Waals surface area (Å²) in [5, 5.41) is 0. The van der Waals surface area contributed by atoms with Gasteiger partial charge in [0.2, 0.25) is 0 Å². The molecule has 0 amide bonds. The molecule has 0 aliphatic heterocycles. The van der Waals surface area contributed by atoms with E-state index in [9.17, 15) is 4.57 Å². The van der Waals surface area contributed by atoms with E-state index in [0.29, 0.717) is 13.2 Å². The smallest absolute Gasteiger partial charge is 0.119 e. The second-order valence-corrected chi connectivity index (χ2v) is 4.97. The molecule has 0 aliphatic carbocycles. The fraction of sp³-hybridized carbons (Fsp3) is 1.00. The maximum absolute atomic E-state index is 11.2. The number of rotatable bonds is 12. The Morgan fingerprint density at radius 3 is 1.75 bits per heavy atom. The molecule has 0 spiro atoms. The van der Waals surface area contributed by atoms with Crippen molar-refractivity contribution in [3.63, 3.8) is 0 Å². The molecule has 4 heteroatoms. The average Bonchev–Trinajstić information content (AvgIpc) is 2.29. The minimum absolute atomic E-state index is 0.554. The van der Waals surface area contributed by atoms with E-state index in [1.165, 1.54) is 19.3 Å². The van der Waals surface area contributed by atoms with Crippen molar-refractivity contribution >= 4 is 8.25 Å². The maximum Gasteiger partial charge on any atom is 0.697 e. The van der Waals surface area contributed by atoms with Crippen LogP contribution in [0, 0.1) is 0 Å². The topological polar surface area (TPSA) is 35.5 Å². The SMILES string of the molecule is CCCCCCCO[P+](=O)OCCCCC. The Balaban J connectivity index is 3.11. The van der Waals surface area contributed by atoms with Crippen molar-refractivity contribution in [1.82, 2.24) is 0 Å². The maximum atomic E-state index is 11.2. The third-order valence-corrected chi connectivity index (χ3v) is 3.18. The highest BCUT2D eigenvalue weighted by atomic mass is 31.1. The summed E-state index contributed by atoms with van der Waals surface area (Å²) in [6, 6.07) is 0. The summed E-state index contributed by atoms with van der Waals surface area (Å²) < 4.78 is 21.3. The summed E-state index contributed by atoms with van der Waals surface area (Å²) in [6.45, 7) is 5.44. The Labute approximate surface area is 101 Å². The average molecular weight is 249 g/mol. The summed E-state index contributed by atoms with van der Waals surface area (Å²) >= 11 is 0. The molecule has 0 aliphatic rings. The molecular formula is C12H26O3P+. The van der Waals surface area contributed by atoms with Gasteiger partial charge in [0.25, 0.3) is 0 Å². The van der Waals surface area contributed by atoms with Gasteiger partial charge in [-0.05, 0) is 12.8 Å². The zero-order valence-electron chi connectivity index (χ0n) is 10.7. The molecule has 0 fully saturated rings. The van der Waals surface area contributed by atoms with Crippen molar-refractivity contribution in [2.45, 2.75) is 65.2 Å². The lowest BCUT2D eigenvalue weighted by Gasteiger charge is -1.95. The first-order valence-corrected chi connectivity index (χ1v) is 7.63. The normalized spacial score (nSPS) is 11.8. The monoisotopic (exact) mass is 249 g/mol. The predicted octanol–water partition coefficient (Wildman–Crippen LogP) is 4.84. The number of unbranched alkanes of at least 4 members (excludes halogenated alkanes) is 6. The molecule has 96 valence electrons. The summed E-state index contributed by atoms with van der Waals surface area (Å²) in [6.07, 6.45) is 9.16. The largest absolute Gasteiger partial charge is 0.697 e. The Kier molecular flexibility index (Phi) is 13.1. The van der Waals surface area contributed by atoms with Gasteiger partial charge in [-0.1, -0.05) is 52.4 Å². The van der Waals surface area contributed by atoms with Crippen LogP contribution in [0.4, 0.5) is 0 Å². The number of hydrogen-bond donors (Lipinski definition) is 0. The second-order valence-electron chi connectivity index (χ2n) is 4.01. The summed E-state index contributed by atoms with van der Waals surface area (Å²) in [5.74, 6) is 0. The second kappa shape index (κ2) is 13.1. The summed E-state index contributed by atoms with van der Waals surface area (Å²) in [7, 11) is -1.87. The van der Waals surface area contributed by atoms with Crippen molar-refractivity contribution < 1.29 is 13.6 Å². The highest BCUT2D eigenvalue weighted by Gasteiger charge is 2.18. The first kappa shape index (κ1) is 16.0. The molecule has 0 saturated heterocycles. The van der Waals surface area contributed by atoms with Crippen molar-refractivity contribution in [2.75, 3.05) is 13.2 Å². The molecule has 0 aromatic rings. The van der Waals surface area contributed by atoms with Gasteiger partial charge in [-0.25, -0.2) is 0 Å². The van der Waals surface area contributed by atoms with E-state index >= 15 is 0 Å². The standard InChI is InChI=1S/C12H26O3P/c1-3-5-7-8-10-12-15-16(13)14-11-9-6-4-2/h3-12H2,1-2H3/q+1. The lowest BCUT2D eigenvalue weighted by atomic mass is 10.2. The zero-order chi connectivity index (χ0) is 12.1. The van der Waals surface area contributed by atoms with Gasteiger partial charge < -0.3 is 0 Å². The molecule has 0 bridgehead atoms. The molecule has 1 unspecified atom stereocenters. The van der Waals surface area contributed by atoms with Crippen LogP contribution >= 0.6 is 8.25 Å². The molecule has 1 atom stereocenters. The third kappa shape index (κ3) is 12.1. The van der Waals surface area contributed by atoms with Crippen molar-refractivity contribution in [1.29, 1.82) is 0 Å². The van der Waals surface area contributed by atoms with Crippen LogP contribution < -0.4 is 0 Å². The summed E-state index contributed by atoms with van der Waals surface area (Å²) in [4.78, 5) is 0. The molecule has 0 N–H and O–H groups in total. The van der Waals surface area contributed by atoms with Gasteiger partial charge in [0.15, 0.2) is 0 Å².